The van der Waals surface area contributed by atoms with Gasteiger partial charge in [-0.15, -0.1) is 11.3 Å². The molecule has 8 heteroatoms. The summed E-state index contributed by atoms with van der Waals surface area (Å²) in [6, 6.07) is 3.82. The molecule has 1 aromatic heterocycles. The Morgan fingerprint density at radius 2 is 2.00 bits per heavy atom. The number of allylic oxidation sites excluding steroid dienone is 1. The Kier molecular flexibility index (Phi) is 6.60. The van der Waals surface area contributed by atoms with Crippen molar-refractivity contribution < 1.29 is 19.9 Å². The van der Waals surface area contributed by atoms with Gasteiger partial charge in [-0.3, -0.25) is 10.1 Å². The van der Waals surface area contributed by atoms with E-state index in [1.807, 2.05) is 13.8 Å². The van der Waals surface area contributed by atoms with Crippen molar-refractivity contribution in [2.24, 2.45) is 0 Å². The van der Waals surface area contributed by atoms with Crippen molar-refractivity contribution in [2.75, 3.05) is 0 Å². The van der Waals surface area contributed by atoms with E-state index in [1.54, 1.807) is 6.92 Å². The molecule has 1 aromatic carbocycles. The van der Waals surface area contributed by atoms with Crippen LogP contribution in [0.2, 0.25) is 0 Å². The predicted octanol–water partition coefficient (Wildman–Crippen LogP) is 4.30. The first-order valence-corrected chi connectivity index (χ1v) is 8.04. The molecule has 128 valence electrons. The number of thiazole rings is 1. The molecule has 0 aliphatic heterocycles. The number of hydrogen-bond donors (Lipinski definition) is 2. The van der Waals surface area contributed by atoms with Crippen LogP contribution in [0, 0.1) is 10.1 Å². The predicted molar refractivity (Wildman–Crippen MR) is 92.6 cm³/mol. The third kappa shape index (κ3) is 4.39. The highest BCUT2D eigenvalue weighted by Gasteiger charge is 2.19. The van der Waals surface area contributed by atoms with Gasteiger partial charge in [0.25, 0.3) is 5.69 Å². The van der Waals surface area contributed by atoms with Crippen LogP contribution < -0.4 is 0 Å². The average Bonchev–Trinajstić information content (AvgIpc) is 3.05. The Labute approximate surface area is 143 Å². The normalized spacial score (nSPS) is 11.1. The van der Waals surface area contributed by atoms with Gasteiger partial charge >= 0.3 is 5.97 Å². The second-order valence-electron chi connectivity index (χ2n) is 4.63. The number of carboxylic acids is 1. The van der Waals surface area contributed by atoms with E-state index in [2.05, 4.69) is 11.6 Å². The van der Waals surface area contributed by atoms with E-state index in [1.165, 1.54) is 17.5 Å². The number of non-ortho nitro benzene ring substituents is 1. The summed E-state index contributed by atoms with van der Waals surface area (Å²) in [4.78, 5) is 25.1. The number of aromatic nitrogens is 1. The third-order valence-electron chi connectivity index (χ3n) is 3.16. The highest BCUT2D eigenvalue weighted by atomic mass is 32.1. The molecule has 2 aromatic rings. The number of benzene rings is 1. The Morgan fingerprint density at radius 1 is 1.38 bits per heavy atom. The van der Waals surface area contributed by atoms with Crippen molar-refractivity contribution in [2.45, 2.75) is 26.7 Å². The maximum Gasteiger partial charge on any atom is 0.355 e. The van der Waals surface area contributed by atoms with Gasteiger partial charge in [-0.25, -0.2) is 9.78 Å². The molecule has 0 amide bonds. The van der Waals surface area contributed by atoms with Crippen LogP contribution in [0.3, 0.4) is 0 Å². The zero-order chi connectivity index (χ0) is 18.4. The summed E-state index contributed by atoms with van der Waals surface area (Å²) in [5.41, 5.74) is 0.733. The fourth-order valence-corrected chi connectivity index (χ4v) is 2.74. The number of nitro groups is 1. The molecule has 1 unspecified atom stereocenters. The fourth-order valence-electron chi connectivity index (χ4n) is 1.88. The molecule has 0 saturated carbocycles. The third-order valence-corrected chi connectivity index (χ3v) is 4.07. The largest absolute Gasteiger partial charge is 0.508 e. The van der Waals surface area contributed by atoms with Crippen molar-refractivity contribution >= 4 is 28.6 Å². The maximum absolute atomic E-state index is 10.8. The molecule has 2 N–H and O–H groups in total. The summed E-state index contributed by atoms with van der Waals surface area (Å²) >= 11 is 1.14. The van der Waals surface area contributed by atoms with E-state index in [0.29, 0.717) is 16.1 Å². The molecule has 2 rings (SSSR count). The minimum atomic E-state index is -1.13. The first-order chi connectivity index (χ1) is 11.3. The van der Waals surface area contributed by atoms with Gasteiger partial charge < -0.3 is 10.2 Å². The van der Waals surface area contributed by atoms with Crippen LogP contribution in [0.15, 0.2) is 30.2 Å². The minimum Gasteiger partial charge on any atom is -0.508 e. The van der Waals surface area contributed by atoms with Gasteiger partial charge in [-0.2, -0.15) is 0 Å². The second-order valence-corrected chi connectivity index (χ2v) is 5.49. The second kappa shape index (κ2) is 8.21. The number of aromatic hydroxyl groups is 1. The number of carbonyl (C=O) groups is 1. The SMILES string of the molecule is C=C(c1nc(C(=O)O)cs1)C(C)c1cc(O)cc([N+](=O)[O-])c1.CC. The van der Waals surface area contributed by atoms with Crippen LogP contribution in [0.5, 0.6) is 5.75 Å². The van der Waals surface area contributed by atoms with Crippen LogP contribution in [-0.4, -0.2) is 26.1 Å². The van der Waals surface area contributed by atoms with E-state index in [-0.39, 0.29) is 23.0 Å². The van der Waals surface area contributed by atoms with Gasteiger partial charge in [0.2, 0.25) is 0 Å². The summed E-state index contributed by atoms with van der Waals surface area (Å²) in [5, 5.41) is 31.2. The Hall–Kier alpha value is -2.74. The number of phenols is 1. The lowest BCUT2D eigenvalue weighted by Crippen LogP contribution is -2.00. The van der Waals surface area contributed by atoms with Crippen molar-refractivity contribution in [1.82, 2.24) is 4.98 Å². The average molecular weight is 350 g/mol. The molecule has 0 aliphatic rings. The summed E-state index contributed by atoms with van der Waals surface area (Å²) in [6.45, 7) is 9.63. The van der Waals surface area contributed by atoms with Gasteiger partial charge in [0.15, 0.2) is 5.69 Å². The molecule has 1 atom stereocenters. The Balaban J connectivity index is 0.00000139. The number of nitro benzene ring substituents is 1. The molecule has 0 spiro atoms. The highest BCUT2D eigenvalue weighted by molar-refractivity contribution is 7.11. The summed E-state index contributed by atoms with van der Waals surface area (Å²) < 4.78 is 0. The molecule has 0 saturated heterocycles. The zero-order valence-corrected chi connectivity index (χ0v) is 14.3. The molecule has 1 heterocycles. The quantitative estimate of drug-likeness (QED) is 0.614. The molecule has 0 radical (unpaired) electrons. The summed E-state index contributed by atoms with van der Waals surface area (Å²) in [6.07, 6.45) is 0. The smallest absolute Gasteiger partial charge is 0.355 e. The summed E-state index contributed by atoms with van der Waals surface area (Å²) in [5.74, 6) is -1.70. The molecule has 24 heavy (non-hydrogen) atoms. The Bertz CT molecular complexity index is 770. The van der Waals surface area contributed by atoms with E-state index in [0.717, 1.165) is 17.4 Å². The molecular weight excluding hydrogens is 332 g/mol. The van der Waals surface area contributed by atoms with Crippen molar-refractivity contribution in [3.8, 4) is 5.75 Å². The van der Waals surface area contributed by atoms with Gasteiger partial charge in [0.05, 0.1) is 11.0 Å². The number of carboxylic acid groups (broad SMARTS) is 1. The van der Waals surface area contributed by atoms with Crippen LogP contribution in [0.1, 0.15) is 47.7 Å². The number of phenolic OH excluding ortho intramolecular Hbond substituents is 1. The van der Waals surface area contributed by atoms with Gasteiger partial charge in [0.1, 0.15) is 10.8 Å². The lowest BCUT2D eigenvalue weighted by atomic mass is 9.93. The van der Waals surface area contributed by atoms with Gasteiger partial charge in [0, 0.05) is 17.4 Å². The van der Waals surface area contributed by atoms with Crippen molar-refractivity contribution in [3.05, 3.63) is 56.5 Å². The highest BCUT2D eigenvalue weighted by Crippen LogP contribution is 2.35. The zero-order valence-electron chi connectivity index (χ0n) is 13.5. The minimum absolute atomic E-state index is 0.0739. The Morgan fingerprint density at radius 3 is 2.50 bits per heavy atom. The van der Waals surface area contributed by atoms with Crippen LogP contribution >= 0.6 is 11.3 Å². The number of aromatic carboxylic acids is 1. The van der Waals surface area contributed by atoms with Crippen LogP contribution in [0.4, 0.5) is 5.69 Å². The first-order valence-electron chi connectivity index (χ1n) is 7.16. The molecular formula is C16H18N2O5S. The van der Waals surface area contributed by atoms with E-state index in [9.17, 15) is 20.0 Å². The molecule has 7 nitrogen and oxygen atoms in total. The van der Waals surface area contributed by atoms with E-state index < -0.39 is 10.9 Å². The summed E-state index contributed by atoms with van der Waals surface area (Å²) in [7, 11) is 0. The standard InChI is InChI=1S/C14H12N2O5S.C2H6/c1-7(8(2)13-15-12(6-22-13)14(18)19)9-3-10(16(20)21)5-11(17)4-9;1-2/h3-7,17H,2H2,1H3,(H,18,19);1-2H3. The molecule has 0 aliphatic carbocycles. The maximum atomic E-state index is 10.8. The van der Waals surface area contributed by atoms with Crippen molar-refractivity contribution in [3.63, 3.8) is 0 Å². The topological polar surface area (TPSA) is 114 Å². The monoisotopic (exact) mass is 350 g/mol. The van der Waals surface area contributed by atoms with E-state index >= 15 is 0 Å². The fraction of sp³-hybridized carbons (Fsp3) is 0.250. The lowest BCUT2D eigenvalue weighted by molar-refractivity contribution is -0.385. The van der Waals surface area contributed by atoms with Crippen molar-refractivity contribution in [1.29, 1.82) is 0 Å². The number of nitrogens with zero attached hydrogens (tertiary/aromatic N) is 2. The molecule has 0 fully saturated rings. The molecule has 0 bridgehead atoms. The van der Waals surface area contributed by atoms with Gasteiger partial charge in [-0.05, 0) is 17.2 Å². The van der Waals surface area contributed by atoms with Crippen LogP contribution in [0.25, 0.3) is 5.57 Å². The van der Waals surface area contributed by atoms with E-state index in [4.69, 9.17) is 5.11 Å². The lowest BCUT2D eigenvalue weighted by Gasteiger charge is -2.13. The number of hydrogen-bond acceptors (Lipinski definition) is 6. The number of rotatable bonds is 5. The first kappa shape index (κ1) is 19.3. The van der Waals surface area contributed by atoms with Gasteiger partial charge in [-0.1, -0.05) is 27.4 Å². The van der Waals surface area contributed by atoms with Crippen LogP contribution in [-0.2, 0) is 0 Å².